The van der Waals surface area contributed by atoms with Crippen LogP contribution < -0.4 is 16.0 Å². The van der Waals surface area contributed by atoms with E-state index in [9.17, 15) is 9.59 Å². The molecule has 0 spiro atoms. The molecule has 0 aromatic heterocycles. The molecule has 2 rings (SSSR count). The third-order valence-corrected chi connectivity index (χ3v) is 4.17. The fourth-order valence-corrected chi connectivity index (χ4v) is 2.37. The minimum absolute atomic E-state index is 0.0635. The maximum atomic E-state index is 12.4. The number of amides is 2. The average molecular weight is 326 g/mol. The molecule has 0 bridgehead atoms. The molecule has 2 amide bonds. The number of benzene rings is 2. The summed E-state index contributed by atoms with van der Waals surface area (Å²) < 4.78 is 0. The standard InChI is InChI=1S/C19H23N3O2/c1-13-4-6-15(7-5-13)12-22(3)14(2)19(24)21-17-10-8-16(9-11-17)18(20)23/h4-11,14H,12H2,1-3H3,(H2,20,23)(H,21,24)/p+1/t14-/m1/s1. The Labute approximate surface area is 142 Å². The Morgan fingerprint density at radius 3 is 2.21 bits per heavy atom. The van der Waals surface area contributed by atoms with Crippen LogP contribution in [0.5, 0.6) is 0 Å². The van der Waals surface area contributed by atoms with Gasteiger partial charge in [-0.2, -0.15) is 0 Å². The van der Waals surface area contributed by atoms with Gasteiger partial charge in [0.15, 0.2) is 6.04 Å². The molecule has 2 aromatic carbocycles. The Morgan fingerprint density at radius 2 is 1.67 bits per heavy atom. The van der Waals surface area contributed by atoms with E-state index in [1.165, 1.54) is 11.1 Å². The first kappa shape index (κ1) is 17.7. The van der Waals surface area contributed by atoms with Crippen LogP contribution >= 0.6 is 0 Å². The van der Waals surface area contributed by atoms with Gasteiger partial charge >= 0.3 is 0 Å². The molecule has 0 heterocycles. The van der Waals surface area contributed by atoms with Gasteiger partial charge in [-0.05, 0) is 38.1 Å². The number of hydrogen-bond donors (Lipinski definition) is 3. The molecule has 0 aliphatic heterocycles. The molecule has 24 heavy (non-hydrogen) atoms. The van der Waals surface area contributed by atoms with Crippen LogP contribution in [-0.2, 0) is 11.3 Å². The van der Waals surface area contributed by atoms with Crippen LogP contribution in [0.25, 0.3) is 0 Å². The van der Waals surface area contributed by atoms with Crippen molar-refractivity contribution >= 4 is 17.5 Å². The molecule has 1 unspecified atom stereocenters. The fraction of sp³-hybridized carbons (Fsp3) is 0.263. The highest BCUT2D eigenvalue weighted by Gasteiger charge is 2.22. The molecule has 0 saturated heterocycles. The van der Waals surface area contributed by atoms with Gasteiger partial charge in [-0.15, -0.1) is 0 Å². The number of carbonyl (C=O) groups excluding carboxylic acids is 2. The van der Waals surface area contributed by atoms with Crippen molar-refractivity contribution in [1.82, 2.24) is 0 Å². The highest BCUT2D eigenvalue weighted by Crippen LogP contribution is 2.09. The Hall–Kier alpha value is -2.66. The maximum Gasteiger partial charge on any atom is 0.282 e. The third-order valence-electron chi connectivity index (χ3n) is 4.17. The van der Waals surface area contributed by atoms with Gasteiger partial charge in [-0.1, -0.05) is 29.8 Å². The van der Waals surface area contributed by atoms with E-state index in [4.69, 9.17) is 5.73 Å². The smallest absolute Gasteiger partial charge is 0.282 e. The van der Waals surface area contributed by atoms with Gasteiger partial charge < -0.3 is 16.0 Å². The first-order valence-corrected chi connectivity index (χ1v) is 7.95. The summed E-state index contributed by atoms with van der Waals surface area (Å²) in [6.07, 6.45) is 0. The van der Waals surface area contributed by atoms with Crippen molar-refractivity contribution in [3.8, 4) is 0 Å². The number of hydrogen-bond acceptors (Lipinski definition) is 2. The number of primary amides is 1. The van der Waals surface area contributed by atoms with E-state index in [0.717, 1.165) is 11.4 Å². The maximum absolute atomic E-state index is 12.4. The van der Waals surface area contributed by atoms with Crippen molar-refractivity contribution in [2.45, 2.75) is 26.4 Å². The van der Waals surface area contributed by atoms with Crippen LogP contribution in [0.15, 0.2) is 48.5 Å². The number of nitrogens with one attached hydrogen (secondary N) is 2. The zero-order valence-electron chi connectivity index (χ0n) is 14.3. The number of anilines is 1. The summed E-state index contributed by atoms with van der Waals surface area (Å²) >= 11 is 0. The van der Waals surface area contributed by atoms with Gasteiger partial charge in [0.25, 0.3) is 5.91 Å². The summed E-state index contributed by atoms with van der Waals surface area (Å²) in [6.45, 7) is 4.73. The van der Waals surface area contributed by atoms with Gasteiger partial charge in [0.05, 0.1) is 7.05 Å². The van der Waals surface area contributed by atoms with Crippen molar-refractivity contribution < 1.29 is 14.5 Å². The molecule has 0 radical (unpaired) electrons. The van der Waals surface area contributed by atoms with Gasteiger partial charge in [0, 0.05) is 16.8 Å². The fourth-order valence-electron chi connectivity index (χ4n) is 2.37. The monoisotopic (exact) mass is 326 g/mol. The molecule has 0 aliphatic rings. The molecule has 0 aliphatic carbocycles. The summed E-state index contributed by atoms with van der Waals surface area (Å²) in [5.41, 5.74) is 8.70. The Bertz CT molecular complexity index is 708. The zero-order valence-corrected chi connectivity index (χ0v) is 14.3. The molecular weight excluding hydrogens is 302 g/mol. The predicted octanol–water partition coefficient (Wildman–Crippen LogP) is 1.14. The average Bonchev–Trinajstić information content (AvgIpc) is 2.56. The van der Waals surface area contributed by atoms with E-state index in [2.05, 4.69) is 36.5 Å². The lowest BCUT2D eigenvalue weighted by Gasteiger charge is -2.21. The van der Waals surface area contributed by atoms with Crippen molar-refractivity contribution in [2.75, 3.05) is 12.4 Å². The van der Waals surface area contributed by atoms with Gasteiger partial charge in [-0.25, -0.2) is 0 Å². The summed E-state index contributed by atoms with van der Waals surface area (Å²) in [5, 5.41) is 2.87. The summed E-state index contributed by atoms with van der Waals surface area (Å²) in [4.78, 5) is 24.6. The van der Waals surface area contributed by atoms with E-state index in [1.54, 1.807) is 24.3 Å². The summed E-state index contributed by atoms with van der Waals surface area (Å²) in [5.74, 6) is -0.546. The number of likely N-dealkylation sites (N-methyl/N-ethyl adjacent to an activating group) is 1. The van der Waals surface area contributed by atoms with Crippen molar-refractivity contribution in [3.05, 3.63) is 65.2 Å². The van der Waals surface area contributed by atoms with Crippen LogP contribution in [0.4, 0.5) is 5.69 Å². The van der Waals surface area contributed by atoms with Crippen LogP contribution in [0.2, 0.25) is 0 Å². The van der Waals surface area contributed by atoms with Crippen molar-refractivity contribution in [1.29, 1.82) is 0 Å². The second-order valence-corrected chi connectivity index (χ2v) is 6.16. The minimum atomic E-state index is -0.483. The number of aryl methyl sites for hydroxylation is 1. The minimum Gasteiger partial charge on any atom is -0.366 e. The lowest BCUT2D eigenvalue weighted by atomic mass is 10.1. The number of nitrogens with two attached hydrogens (primary N) is 1. The molecule has 4 N–H and O–H groups in total. The van der Waals surface area contributed by atoms with Crippen LogP contribution in [0, 0.1) is 6.92 Å². The van der Waals surface area contributed by atoms with Gasteiger partial charge in [0.1, 0.15) is 6.54 Å². The topological polar surface area (TPSA) is 76.6 Å². The zero-order chi connectivity index (χ0) is 17.7. The lowest BCUT2D eigenvalue weighted by molar-refractivity contribution is -0.907. The highest BCUT2D eigenvalue weighted by molar-refractivity contribution is 5.95. The van der Waals surface area contributed by atoms with E-state index in [0.29, 0.717) is 11.3 Å². The molecule has 2 atom stereocenters. The second kappa shape index (κ2) is 7.75. The van der Waals surface area contributed by atoms with Crippen LogP contribution in [0.3, 0.4) is 0 Å². The van der Waals surface area contributed by atoms with Crippen LogP contribution in [0.1, 0.15) is 28.4 Å². The Kier molecular flexibility index (Phi) is 5.71. The second-order valence-electron chi connectivity index (χ2n) is 6.16. The lowest BCUT2D eigenvalue weighted by Crippen LogP contribution is -3.12. The molecule has 0 fully saturated rings. The Morgan fingerprint density at radius 1 is 1.08 bits per heavy atom. The molecule has 0 saturated carbocycles. The highest BCUT2D eigenvalue weighted by atomic mass is 16.2. The Balaban J connectivity index is 1.95. The number of rotatable bonds is 6. The van der Waals surface area contributed by atoms with E-state index < -0.39 is 5.91 Å². The van der Waals surface area contributed by atoms with Crippen LogP contribution in [-0.4, -0.2) is 24.9 Å². The quantitative estimate of drug-likeness (QED) is 0.744. The summed E-state index contributed by atoms with van der Waals surface area (Å²) in [7, 11) is 2.00. The van der Waals surface area contributed by atoms with Crippen molar-refractivity contribution in [3.63, 3.8) is 0 Å². The number of quaternary nitrogens is 1. The first-order chi connectivity index (χ1) is 11.4. The largest absolute Gasteiger partial charge is 0.366 e. The van der Waals surface area contributed by atoms with Gasteiger partial charge in [-0.3, -0.25) is 9.59 Å². The van der Waals surface area contributed by atoms with Gasteiger partial charge in [0.2, 0.25) is 5.91 Å². The SMILES string of the molecule is Cc1ccc(C[NH+](C)[C@H](C)C(=O)Nc2ccc(C(N)=O)cc2)cc1. The predicted molar refractivity (Wildman–Crippen MR) is 94.8 cm³/mol. The molecule has 126 valence electrons. The molecule has 2 aromatic rings. The summed E-state index contributed by atoms with van der Waals surface area (Å²) in [6, 6.07) is 14.7. The first-order valence-electron chi connectivity index (χ1n) is 7.95. The molecular formula is C19H24N3O2+. The molecule has 5 nitrogen and oxygen atoms in total. The van der Waals surface area contributed by atoms with Crippen molar-refractivity contribution in [2.24, 2.45) is 5.73 Å². The third kappa shape index (κ3) is 4.67. The molecule has 5 heteroatoms. The van der Waals surface area contributed by atoms with E-state index >= 15 is 0 Å². The number of carbonyl (C=O) groups is 2. The van der Waals surface area contributed by atoms with E-state index in [-0.39, 0.29) is 11.9 Å². The normalized spacial score (nSPS) is 13.1. The van der Waals surface area contributed by atoms with E-state index in [1.807, 2.05) is 14.0 Å².